The van der Waals surface area contributed by atoms with E-state index in [9.17, 15) is 9.18 Å². The Morgan fingerprint density at radius 1 is 1.39 bits per heavy atom. The lowest BCUT2D eigenvalue weighted by atomic mass is 10.2. The summed E-state index contributed by atoms with van der Waals surface area (Å²) in [6.45, 7) is 4.37. The van der Waals surface area contributed by atoms with Crippen LogP contribution in [0.15, 0.2) is 47.6 Å². The number of carbonyl (C=O) groups excluding carboxylic acids is 1. The highest BCUT2D eigenvalue weighted by Crippen LogP contribution is 2.20. The van der Waals surface area contributed by atoms with E-state index < -0.39 is 5.91 Å². The molecule has 10 heteroatoms. The van der Waals surface area contributed by atoms with Crippen LogP contribution in [0.1, 0.15) is 18.9 Å². The Bertz CT molecular complexity index is 898. The van der Waals surface area contributed by atoms with Crippen LogP contribution in [-0.4, -0.2) is 49.1 Å². The summed E-state index contributed by atoms with van der Waals surface area (Å²) >= 11 is 0. The van der Waals surface area contributed by atoms with Gasteiger partial charge >= 0.3 is 0 Å². The number of carbonyl (C=O) groups is 1. The second kappa shape index (κ2) is 12.3. The van der Waals surface area contributed by atoms with Gasteiger partial charge in [0.05, 0.1) is 6.54 Å². The molecule has 1 fully saturated rings. The molecule has 168 valence electrons. The summed E-state index contributed by atoms with van der Waals surface area (Å²) in [6, 6.07) is 10.5. The molecule has 1 unspecified atom stereocenters. The van der Waals surface area contributed by atoms with Gasteiger partial charge in [0, 0.05) is 31.9 Å². The van der Waals surface area contributed by atoms with Crippen LogP contribution in [0.5, 0.6) is 5.75 Å². The Morgan fingerprint density at radius 3 is 2.97 bits per heavy atom. The van der Waals surface area contributed by atoms with Crippen molar-refractivity contribution in [3.05, 3.63) is 54.0 Å². The predicted octanol–water partition coefficient (Wildman–Crippen LogP) is 2.04. The molecule has 31 heavy (non-hydrogen) atoms. The van der Waals surface area contributed by atoms with E-state index in [1.54, 1.807) is 18.3 Å². The Kier molecular flexibility index (Phi) is 9.76. The highest BCUT2D eigenvalue weighted by Gasteiger charge is 2.25. The minimum atomic E-state index is -0.520. The van der Waals surface area contributed by atoms with Gasteiger partial charge in [0.2, 0.25) is 0 Å². The van der Waals surface area contributed by atoms with Crippen molar-refractivity contribution in [3.8, 4) is 5.75 Å². The Balaban J connectivity index is 0.00000341. The molecule has 0 saturated carbocycles. The van der Waals surface area contributed by atoms with Gasteiger partial charge in [-0.15, -0.1) is 24.0 Å². The van der Waals surface area contributed by atoms with Crippen LogP contribution in [0.3, 0.4) is 0 Å². The molecule has 1 saturated heterocycles. The third-order valence-corrected chi connectivity index (χ3v) is 4.61. The lowest BCUT2D eigenvalue weighted by Crippen LogP contribution is -2.44. The van der Waals surface area contributed by atoms with Crippen molar-refractivity contribution < 1.29 is 13.9 Å². The Hall–Kier alpha value is -2.63. The summed E-state index contributed by atoms with van der Waals surface area (Å²) in [5.41, 5.74) is 6.05. The summed E-state index contributed by atoms with van der Waals surface area (Å²) in [4.78, 5) is 21.6. The van der Waals surface area contributed by atoms with Crippen molar-refractivity contribution in [2.75, 3.05) is 31.1 Å². The third kappa shape index (κ3) is 7.53. The molecule has 1 atom stereocenters. The molecule has 0 bridgehead atoms. The van der Waals surface area contributed by atoms with Crippen LogP contribution >= 0.6 is 24.0 Å². The van der Waals surface area contributed by atoms with Crippen LogP contribution in [-0.2, 0) is 11.3 Å². The molecule has 1 aromatic carbocycles. The van der Waals surface area contributed by atoms with E-state index in [2.05, 4.69) is 20.6 Å². The Morgan fingerprint density at radius 2 is 2.23 bits per heavy atom. The van der Waals surface area contributed by atoms with Crippen LogP contribution in [0, 0.1) is 5.82 Å². The zero-order valence-corrected chi connectivity index (χ0v) is 19.7. The fraction of sp³-hybridized carbons (Fsp3) is 0.381. The largest absolute Gasteiger partial charge is 0.484 e. The molecule has 0 spiro atoms. The highest BCUT2D eigenvalue weighted by molar-refractivity contribution is 14.0. The van der Waals surface area contributed by atoms with Gasteiger partial charge in [0.25, 0.3) is 5.91 Å². The Labute approximate surface area is 198 Å². The minimum Gasteiger partial charge on any atom is -0.484 e. The van der Waals surface area contributed by atoms with E-state index in [4.69, 9.17) is 10.5 Å². The van der Waals surface area contributed by atoms with Crippen molar-refractivity contribution in [1.29, 1.82) is 0 Å². The minimum absolute atomic E-state index is 0. The normalized spacial score (nSPS) is 15.9. The molecule has 1 aliphatic heterocycles. The number of hydrogen-bond acceptors (Lipinski definition) is 5. The molecule has 2 aromatic rings. The summed E-state index contributed by atoms with van der Waals surface area (Å²) < 4.78 is 19.3. The van der Waals surface area contributed by atoms with Gasteiger partial charge in [-0.2, -0.15) is 0 Å². The first-order valence-corrected chi connectivity index (χ1v) is 9.95. The SMILES string of the molecule is CCNC(=NCc1cccc(OCC(N)=O)c1)NC1CCN(c2ncccc2F)C1.I. The second-order valence-electron chi connectivity index (χ2n) is 6.98. The number of halogens is 2. The standard InChI is InChI=1S/C21H27FN6O2.HI/c1-2-24-21(26-12-15-5-3-6-17(11-15)30-14-19(23)29)27-16-8-10-28(13-16)20-18(22)7-4-9-25-20;/h3-7,9,11,16H,2,8,10,12-14H2,1H3,(H2,23,29)(H2,24,26,27);1H. The van der Waals surface area contributed by atoms with E-state index in [0.29, 0.717) is 30.6 Å². The molecular weight excluding hydrogens is 514 g/mol. The number of aromatic nitrogens is 1. The van der Waals surface area contributed by atoms with E-state index in [0.717, 1.165) is 25.1 Å². The first-order valence-electron chi connectivity index (χ1n) is 9.95. The number of rotatable bonds is 8. The van der Waals surface area contributed by atoms with Crippen LogP contribution < -0.4 is 26.0 Å². The number of nitrogens with zero attached hydrogens (tertiary/aromatic N) is 3. The number of nitrogens with two attached hydrogens (primary N) is 1. The van der Waals surface area contributed by atoms with E-state index in [-0.39, 0.29) is 42.4 Å². The van der Waals surface area contributed by atoms with Crippen LogP contribution in [0.4, 0.5) is 10.2 Å². The number of anilines is 1. The van der Waals surface area contributed by atoms with Gasteiger partial charge in [-0.05, 0) is 43.2 Å². The van der Waals surface area contributed by atoms with Crippen molar-refractivity contribution in [2.24, 2.45) is 10.7 Å². The van der Waals surface area contributed by atoms with Crippen molar-refractivity contribution >= 4 is 41.7 Å². The van der Waals surface area contributed by atoms with Crippen molar-refractivity contribution in [1.82, 2.24) is 15.6 Å². The second-order valence-corrected chi connectivity index (χ2v) is 6.98. The number of pyridine rings is 1. The molecule has 2 heterocycles. The molecule has 8 nitrogen and oxygen atoms in total. The zero-order chi connectivity index (χ0) is 21.3. The van der Waals surface area contributed by atoms with Gasteiger partial charge in [-0.1, -0.05) is 12.1 Å². The average Bonchev–Trinajstić information content (AvgIpc) is 3.19. The highest BCUT2D eigenvalue weighted by atomic mass is 127. The molecule has 1 aliphatic rings. The van der Waals surface area contributed by atoms with Gasteiger partial charge in [-0.25, -0.2) is 14.4 Å². The van der Waals surface area contributed by atoms with Crippen LogP contribution in [0.25, 0.3) is 0 Å². The molecule has 1 aromatic heterocycles. The summed E-state index contributed by atoms with van der Waals surface area (Å²) in [5, 5.41) is 6.65. The van der Waals surface area contributed by atoms with Crippen molar-refractivity contribution in [2.45, 2.75) is 25.9 Å². The number of aliphatic imine (C=N–C) groups is 1. The monoisotopic (exact) mass is 542 g/mol. The number of nitrogens with one attached hydrogen (secondary N) is 2. The first kappa shape index (κ1) is 24.6. The number of hydrogen-bond donors (Lipinski definition) is 3. The quantitative estimate of drug-likeness (QED) is 0.268. The van der Waals surface area contributed by atoms with Gasteiger partial charge in [0.15, 0.2) is 24.2 Å². The van der Waals surface area contributed by atoms with Gasteiger partial charge in [-0.3, -0.25) is 4.79 Å². The average molecular weight is 542 g/mol. The van der Waals surface area contributed by atoms with Gasteiger partial charge in [0.1, 0.15) is 5.75 Å². The number of amides is 1. The number of ether oxygens (including phenoxy) is 1. The van der Waals surface area contributed by atoms with E-state index in [1.165, 1.54) is 6.07 Å². The maximum atomic E-state index is 14.0. The third-order valence-electron chi connectivity index (χ3n) is 4.61. The lowest BCUT2D eigenvalue weighted by molar-refractivity contribution is -0.119. The number of benzene rings is 1. The fourth-order valence-corrected chi connectivity index (χ4v) is 3.25. The molecule has 1 amide bonds. The summed E-state index contributed by atoms with van der Waals surface area (Å²) in [5.74, 6) is 0.819. The molecule has 3 rings (SSSR count). The topological polar surface area (TPSA) is 105 Å². The van der Waals surface area contributed by atoms with Crippen molar-refractivity contribution in [3.63, 3.8) is 0 Å². The molecule has 0 aliphatic carbocycles. The number of primary amides is 1. The molecule has 4 N–H and O–H groups in total. The lowest BCUT2D eigenvalue weighted by Gasteiger charge is -2.20. The summed E-state index contributed by atoms with van der Waals surface area (Å²) in [6.07, 6.45) is 2.46. The molecular formula is C21H28FIN6O2. The summed E-state index contributed by atoms with van der Waals surface area (Å²) in [7, 11) is 0. The smallest absolute Gasteiger partial charge is 0.255 e. The maximum absolute atomic E-state index is 14.0. The molecule has 0 radical (unpaired) electrons. The van der Waals surface area contributed by atoms with Crippen LogP contribution in [0.2, 0.25) is 0 Å². The fourth-order valence-electron chi connectivity index (χ4n) is 3.25. The van der Waals surface area contributed by atoms with E-state index in [1.807, 2.05) is 30.0 Å². The van der Waals surface area contributed by atoms with Gasteiger partial charge < -0.3 is 26.0 Å². The van der Waals surface area contributed by atoms with E-state index >= 15 is 0 Å². The zero-order valence-electron chi connectivity index (χ0n) is 17.4. The first-order chi connectivity index (χ1) is 14.5. The number of guanidine groups is 1. The maximum Gasteiger partial charge on any atom is 0.255 e. The predicted molar refractivity (Wildman–Crippen MR) is 129 cm³/mol.